The van der Waals surface area contributed by atoms with Gasteiger partial charge in [0.15, 0.2) is 0 Å². The molecule has 1 aromatic rings. The molecule has 1 rings (SSSR count). The highest BCUT2D eigenvalue weighted by Crippen LogP contribution is 2.07. The summed E-state index contributed by atoms with van der Waals surface area (Å²) < 4.78 is 5.00. The Balaban J connectivity index is 2.42. The van der Waals surface area contributed by atoms with Gasteiger partial charge in [0.1, 0.15) is 6.61 Å². The maximum atomic E-state index is 11.3. The highest BCUT2D eigenvalue weighted by Gasteiger charge is 2.09. The molecule has 1 heterocycles. The van der Waals surface area contributed by atoms with E-state index in [0.717, 1.165) is 5.69 Å². The topological polar surface area (TPSA) is 51.2 Å². The summed E-state index contributed by atoms with van der Waals surface area (Å²) in [6.45, 7) is 4.40. The Kier molecular flexibility index (Phi) is 4.77. The summed E-state index contributed by atoms with van der Waals surface area (Å²) in [5.74, 6) is -0.116. The molecule has 4 nitrogen and oxygen atoms in total. The first kappa shape index (κ1) is 11.7. The Morgan fingerprint density at radius 2 is 2.40 bits per heavy atom. The molecule has 82 valence electrons. The second-order valence-corrected chi connectivity index (χ2v) is 3.18. The lowest BCUT2D eigenvalue weighted by molar-refractivity contribution is -0.126. The van der Waals surface area contributed by atoms with Gasteiger partial charge in [-0.2, -0.15) is 0 Å². The van der Waals surface area contributed by atoms with Crippen molar-refractivity contribution in [2.24, 2.45) is 0 Å². The lowest BCUT2D eigenvalue weighted by Gasteiger charge is -2.12. The van der Waals surface area contributed by atoms with E-state index in [4.69, 9.17) is 4.74 Å². The highest BCUT2D eigenvalue weighted by molar-refractivity contribution is 5.77. The number of ether oxygens (including phenoxy) is 1. The number of nitrogens with one attached hydrogen (secondary N) is 1. The van der Waals surface area contributed by atoms with Crippen molar-refractivity contribution in [3.8, 4) is 0 Å². The van der Waals surface area contributed by atoms with Gasteiger partial charge in [0, 0.05) is 12.8 Å². The van der Waals surface area contributed by atoms with Crippen LogP contribution in [-0.2, 0) is 9.53 Å². The van der Waals surface area contributed by atoms with Gasteiger partial charge in [-0.1, -0.05) is 6.07 Å². The summed E-state index contributed by atoms with van der Waals surface area (Å²) in [4.78, 5) is 15.5. The van der Waals surface area contributed by atoms with E-state index in [-0.39, 0.29) is 18.6 Å². The molecule has 0 aliphatic rings. The van der Waals surface area contributed by atoms with Crippen LogP contribution in [0.15, 0.2) is 24.4 Å². The SMILES string of the molecule is CCOCC(=O)N[C@@H](C)c1ccccn1. The molecule has 0 fully saturated rings. The van der Waals surface area contributed by atoms with E-state index < -0.39 is 0 Å². The second kappa shape index (κ2) is 6.14. The molecule has 0 aliphatic carbocycles. The van der Waals surface area contributed by atoms with Crippen molar-refractivity contribution < 1.29 is 9.53 Å². The van der Waals surface area contributed by atoms with Crippen molar-refractivity contribution in [3.05, 3.63) is 30.1 Å². The predicted octanol–water partition coefficient (Wildman–Crippen LogP) is 1.30. The van der Waals surface area contributed by atoms with Crippen molar-refractivity contribution >= 4 is 5.91 Å². The number of pyridine rings is 1. The molecule has 0 bridgehead atoms. The van der Waals surface area contributed by atoms with Crippen molar-refractivity contribution in [1.82, 2.24) is 10.3 Å². The molecule has 0 unspecified atom stereocenters. The molecule has 0 spiro atoms. The van der Waals surface area contributed by atoms with Crippen molar-refractivity contribution in [2.45, 2.75) is 19.9 Å². The van der Waals surface area contributed by atoms with Gasteiger partial charge in [-0.3, -0.25) is 9.78 Å². The molecule has 1 N–H and O–H groups in total. The smallest absolute Gasteiger partial charge is 0.246 e. The van der Waals surface area contributed by atoms with E-state index in [0.29, 0.717) is 6.61 Å². The molecule has 0 aliphatic heterocycles. The fourth-order valence-corrected chi connectivity index (χ4v) is 1.18. The molecule has 4 heteroatoms. The van der Waals surface area contributed by atoms with Gasteiger partial charge in [0.25, 0.3) is 0 Å². The number of hydrogen-bond donors (Lipinski definition) is 1. The van der Waals surface area contributed by atoms with Crippen molar-refractivity contribution in [2.75, 3.05) is 13.2 Å². The molecular weight excluding hydrogens is 192 g/mol. The maximum absolute atomic E-state index is 11.3. The Bertz CT molecular complexity index is 301. The van der Waals surface area contributed by atoms with Crippen LogP contribution in [0.3, 0.4) is 0 Å². The van der Waals surface area contributed by atoms with Gasteiger partial charge < -0.3 is 10.1 Å². The zero-order valence-corrected chi connectivity index (χ0v) is 9.06. The summed E-state index contributed by atoms with van der Waals surface area (Å²) in [7, 11) is 0. The summed E-state index contributed by atoms with van der Waals surface area (Å²) in [5, 5.41) is 2.80. The molecule has 0 aromatic carbocycles. The third kappa shape index (κ3) is 4.08. The summed E-state index contributed by atoms with van der Waals surface area (Å²) in [6.07, 6.45) is 1.71. The van der Waals surface area contributed by atoms with E-state index in [9.17, 15) is 4.79 Å². The van der Waals surface area contributed by atoms with Crippen LogP contribution >= 0.6 is 0 Å². The first-order valence-electron chi connectivity index (χ1n) is 5.02. The Labute approximate surface area is 89.7 Å². The lowest BCUT2D eigenvalue weighted by Crippen LogP contribution is -2.30. The fourth-order valence-electron chi connectivity index (χ4n) is 1.18. The van der Waals surface area contributed by atoms with Crippen molar-refractivity contribution in [1.29, 1.82) is 0 Å². The van der Waals surface area contributed by atoms with Crippen LogP contribution in [0, 0.1) is 0 Å². The summed E-state index contributed by atoms with van der Waals surface area (Å²) in [5.41, 5.74) is 0.849. The predicted molar refractivity (Wildman–Crippen MR) is 57.3 cm³/mol. The quantitative estimate of drug-likeness (QED) is 0.793. The Hall–Kier alpha value is -1.42. The van der Waals surface area contributed by atoms with Crippen LogP contribution in [0.2, 0.25) is 0 Å². The lowest BCUT2D eigenvalue weighted by atomic mass is 10.2. The Morgan fingerprint density at radius 1 is 1.60 bits per heavy atom. The third-order valence-electron chi connectivity index (χ3n) is 1.95. The fraction of sp³-hybridized carbons (Fsp3) is 0.455. The van der Waals surface area contributed by atoms with E-state index in [1.54, 1.807) is 6.20 Å². The van der Waals surface area contributed by atoms with Crippen LogP contribution < -0.4 is 5.32 Å². The number of nitrogens with zero attached hydrogens (tertiary/aromatic N) is 1. The van der Waals surface area contributed by atoms with Crippen molar-refractivity contribution in [3.63, 3.8) is 0 Å². The van der Waals surface area contributed by atoms with E-state index in [2.05, 4.69) is 10.3 Å². The third-order valence-corrected chi connectivity index (χ3v) is 1.95. The number of carbonyl (C=O) groups excluding carboxylic acids is 1. The standard InChI is InChI=1S/C11H16N2O2/c1-3-15-8-11(14)13-9(2)10-6-4-5-7-12-10/h4-7,9H,3,8H2,1-2H3,(H,13,14)/t9-/m0/s1. The normalized spacial score (nSPS) is 12.1. The molecule has 0 radical (unpaired) electrons. The van der Waals surface area contributed by atoms with Crippen LogP contribution in [0.4, 0.5) is 0 Å². The molecule has 1 atom stereocenters. The Morgan fingerprint density at radius 3 is 3.00 bits per heavy atom. The van der Waals surface area contributed by atoms with Gasteiger partial charge in [-0.05, 0) is 26.0 Å². The number of hydrogen-bond acceptors (Lipinski definition) is 3. The van der Waals surface area contributed by atoms with Gasteiger partial charge >= 0.3 is 0 Å². The molecule has 15 heavy (non-hydrogen) atoms. The maximum Gasteiger partial charge on any atom is 0.246 e. The summed E-state index contributed by atoms with van der Waals surface area (Å²) >= 11 is 0. The van der Waals surface area contributed by atoms with Gasteiger partial charge in [0.05, 0.1) is 11.7 Å². The van der Waals surface area contributed by atoms with E-state index in [1.807, 2.05) is 32.0 Å². The van der Waals surface area contributed by atoms with E-state index >= 15 is 0 Å². The minimum absolute atomic E-state index is 0.0841. The number of amides is 1. The number of carbonyl (C=O) groups is 1. The molecule has 0 saturated heterocycles. The highest BCUT2D eigenvalue weighted by atomic mass is 16.5. The van der Waals surface area contributed by atoms with Crippen LogP contribution in [-0.4, -0.2) is 24.1 Å². The van der Waals surface area contributed by atoms with Gasteiger partial charge in [-0.25, -0.2) is 0 Å². The molecule has 1 aromatic heterocycles. The van der Waals surface area contributed by atoms with Gasteiger partial charge in [-0.15, -0.1) is 0 Å². The zero-order chi connectivity index (χ0) is 11.1. The molecule has 1 amide bonds. The first-order chi connectivity index (χ1) is 7.24. The number of aromatic nitrogens is 1. The average Bonchev–Trinajstić information content (AvgIpc) is 2.27. The van der Waals surface area contributed by atoms with Gasteiger partial charge in [0.2, 0.25) is 5.91 Å². The summed E-state index contributed by atoms with van der Waals surface area (Å²) in [6, 6.07) is 5.54. The van der Waals surface area contributed by atoms with E-state index in [1.165, 1.54) is 0 Å². The average molecular weight is 208 g/mol. The van der Waals surface area contributed by atoms with Crippen LogP contribution in [0.5, 0.6) is 0 Å². The minimum Gasteiger partial charge on any atom is -0.372 e. The van der Waals surface area contributed by atoms with Crippen LogP contribution in [0.25, 0.3) is 0 Å². The second-order valence-electron chi connectivity index (χ2n) is 3.18. The molecular formula is C11H16N2O2. The number of rotatable bonds is 5. The van der Waals surface area contributed by atoms with Crippen LogP contribution in [0.1, 0.15) is 25.6 Å². The minimum atomic E-state index is -0.116. The molecule has 0 saturated carbocycles. The monoisotopic (exact) mass is 208 g/mol. The zero-order valence-electron chi connectivity index (χ0n) is 9.06. The largest absolute Gasteiger partial charge is 0.372 e. The first-order valence-corrected chi connectivity index (χ1v) is 5.02.